The number of alkyl halides is 3. The number of benzene rings is 1. The Morgan fingerprint density at radius 1 is 1.24 bits per heavy atom. The summed E-state index contributed by atoms with van der Waals surface area (Å²) in [7, 11) is 1.73. The highest BCUT2D eigenvalue weighted by Crippen LogP contribution is 2.32. The van der Waals surface area contributed by atoms with Crippen molar-refractivity contribution in [1.82, 2.24) is 9.78 Å². The Morgan fingerprint density at radius 2 is 1.86 bits per heavy atom. The second-order valence-corrected chi connectivity index (χ2v) is 5.05. The number of para-hydroxylation sites is 2. The Kier molecular flexibility index (Phi) is 4.46. The predicted molar refractivity (Wildman–Crippen MR) is 73.1 cm³/mol. The van der Waals surface area contributed by atoms with Crippen molar-refractivity contribution in [2.24, 2.45) is 7.05 Å². The van der Waals surface area contributed by atoms with E-state index in [9.17, 15) is 13.2 Å². The predicted octanol–water partition coefficient (Wildman–Crippen LogP) is 3.97. The van der Waals surface area contributed by atoms with Crippen molar-refractivity contribution >= 4 is 15.9 Å². The van der Waals surface area contributed by atoms with Gasteiger partial charge < -0.3 is 9.47 Å². The molecule has 0 aliphatic rings. The second-order valence-electron chi connectivity index (χ2n) is 4.25. The third-order valence-corrected chi connectivity index (χ3v) is 3.73. The molecule has 0 aliphatic carbocycles. The Balaban J connectivity index is 2.17. The van der Waals surface area contributed by atoms with E-state index in [0.29, 0.717) is 5.69 Å². The van der Waals surface area contributed by atoms with Gasteiger partial charge in [0.1, 0.15) is 6.61 Å². The van der Waals surface area contributed by atoms with Crippen LogP contribution in [0.15, 0.2) is 28.7 Å². The van der Waals surface area contributed by atoms with Crippen LogP contribution in [0.3, 0.4) is 0 Å². The van der Waals surface area contributed by atoms with Crippen LogP contribution in [-0.4, -0.2) is 16.1 Å². The molecule has 114 valence electrons. The molecule has 2 rings (SSSR count). The molecule has 4 nitrogen and oxygen atoms in total. The van der Waals surface area contributed by atoms with Crippen molar-refractivity contribution < 1.29 is 22.6 Å². The van der Waals surface area contributed by atoms with E-state index >= 15 is 0 Å². The van der Waals surface area contributed by atoms with Gasteiger partial charge in [-0.1, -0.05) is 12.1 Å². The summed E-state index contributed by atoms with van der Waals surface area (Å²) in [5.74, 6) is -0.361. The molecule has 0 atom stereocenters. The molecule has 0 bridgehead atoms. The summed E-state index contributed by atoms with van der Waals surface area (Å²) in [5, 5.41) is 4.18. The molecule has 0 saturated carbocycles. The number of nitrogens with zero attached hydrogens (tertiary/aromatic N) is 2. The molecule has 1 aromatic carbocycles. The van der Waals surface area contributed by atoms with Gasteiger partial charge in [-0.25, -0.2) is 0 Å². The first-order valence-electron chi connectivity index (χ1n) is 5.93. The maximum Gasteiger partial charge on any atom is 0.573 e. The lowest BCUT2D eigenvalue weighted by atomic mass is 10.3. The van der Waals surface area contributed by atoms with Crippen LogP contribution in [0.25, 0.3) is 0 Å². The Hall–Kier alpha value is -1.70. The van der Waals surface area contributed by atoms with E-state index in [1.807, 2.05) is 6.92 Å². The molecular weight excluding hydrogens is 353 g/mol. The van der Waals surface area contributed by atoms with E-state index in [2.05, 4.69) is 25.8 Å². The van der Waals surface area contributed by atoms with Gasteiger partial charge >= 0.3 is 6.36 Å². The highest BCUT2D eigenvalue weighted by atomic mass is 79.9. The van der Waals surface area contributed by atoms with Crippen LogP contribution < -0.4 is 9.47 Å². The second kappa shape index (κ2) is 5.97. The summed E-state index contributed by atoms with van der Waals surface area (Å²) in [4.78, 5) is 0. The molecule has 0 unspecified atom stereocenters. The van der Waals surface area contributed by atoms with Crippen LogP contribution in [0, 0.1) is 6.92 Å². The summed E-state index contributed by atoms with van der Waals surface area (Å²) >= 11 is 3.37. The first-order valence-corrected chi connectivity index (χ1v) is 6.73. The number of hydrogen-bond acceptors (Lipinski definition) is 3. The lowest BCUT2D eigenvalue weighted by Crippen LogP contribution is -2.17. The monoisotopic (exact) mass is 364 g/mol. The minimum atomic E-state index is -4.76. The fraction of sp³-hybridized carbons (Fsp3) is 0.308. The molecule has 0 amide bonds. The third-order valence-electron chi connectivity index (χ3n) is 2.70. The standard InChI is InChI=1S/C13H12BrF3N2O2/c1-8-12(14)9(19(2)18-8)7-20-10-5-3-4-6-11(10)21-13(15,16)17/h3-6H,7H2,1-2H3. The summed E-state index contributed by atoms with van der Waals surface area (Å²) in [5.41, 5.74) is 1.49. The molecule has 0 radical (unpaired) electrons. The fourth-order valence-corrected chi connectivity index (χ4v) is 2.21. The lowest BCUT2D eigenvalue weighted by molar-refractivity contribution is -0.275. The minimum absolute atomic E-state index is 0.0144. The number of aromatic nitrogens is 2. The van der Waals surface area contributed by atoms with Crippen LogP contribution in [0.2, 0.25) is 0 Å². The van der Waals surface area contributed by atoms with E-state index in [1.165, 1.54) is 18.2 Å². The van der Waals surface area contributed by atoms with Crippen molar-refractivity contribution in [2.45, 2.75) is 19.9 Å². The molecule has 0 aliphatic heterocycles. The highest BCUT2D eigenvalue weighted by molar-refractivity contribution is 9.10. The van der Waals surface area contributed by atoms with E-state index in [1.54, 1.807) is 17.8 Å². The molecule has 2 aromatic rings. The largest absolute Gasteiger partial charge is 0.573 e. The highest BCUT2D eigenvalue weighted by Gasteiger charge is 2.32. The average molecular weight is 365 g/mol. The van der Waals surface area contributed by atoms with Crippen LogP contribution in [0.1, 0.15) is 11.4 Å². The van der Waals surface area contributed by atoms with Crippen LogP contribution in [-0.2, 0) is 13.7 Å². The van der Waals surface area contributed by atoms with Crippen LogP contribution >= 0.6 is 15.9 Å². The van der Waals surface area contributed by atoms with Gasteiger partial charge in [-0.15, -0.1) is 13.2 Å². The number of hydrogen-bond donors (Lipinski definition) is 0. The van der Waals surface area contributed by atoms with E-state index in [-0.39, 0.29) is 18.1 Å². The first-order chi connectivity index (χ1) is 9.78. The zero-order chi connectivity index (χ0) is 15.6. The Morgan fingerprint density at radius 3 is 2.38 bits per heavy atom. The first kappa shape index (κ1) is 15.7. The Bertz CT molecular complexity index is 641. The van der Waals surface area contributed by atoms with Crippen molar-refractivity contribution in [1.29, 1.82) is 0 Å². The average Bonchev–Trinajstić information content (AvgIpc) is 2.61. The molecule has 1 heterocycles. The van der Waals surface area contributed by atoms with Gasteiger partial charge in [0.2, 0.25) is 0 Å². The summed E-state index contributed by atoms with van der Waals surface area (Å²) in [6.07, 6.45) is -4.76. The number of aryl methyl sites for hydroxylation is 2. The van der Waals surface area contributed by atoms with Crippen LogP contribution in [0.4, 0.5) is 13.2 Å². The van der Waals surface area contributed by atoms with Gasteiger partial charge in [-0.2, -0.15) is 5.10 Å². The smallest absolute Gasteiger partial charge is 0.483 e. The molecule has 0 fully saturated rings. The van der Waals surface area contributed by atoms with E-state index < -0.39 is 6.36 Å². The Labute approximate surface area is 127 Å². The topological polar surface area (TPSA) is 36.3 Å². The maximum absolute atomic E-state index is 12.3. The fourth-order valence-electron chi connectivity index (χ4n) is 1.76. The van der Waals surface area contributed by atoms with Gasteiger partial charge in [0.25, 0.3) is 0 Å². The zero-order valence-corrected chi connectivity index (χ0v) is 12.8. The number of rotatable bonds is 4. The van der Waals surface area contributed by atoms with E-state index in [0.717, 1.165) is 10.2 Å². The molecule has 0 spiro atoms. The zero-order valence-electron chi connectivity index (χ0n) is 11.2. The molecule has 0 N–H and O–H groups in total. The van der Waals surface area contributed by atoms with Gasteiger partial charge in [-0.05, 0) is 35.0 Å². The van der Waals surface area contributed by atoms with Crippen LogP contribution in [0.5, 0.6) is 11.5 Å². The summed E-state index contributed by atoms with van der Waals surface area (Å²) in [6, 6.07) is 5.63. The lowest BCUT2D eigenvalue weighted by Gasteiger charge is -2.14. The van der Waals surface area contributed by atoms with Crippen molar-refractivity contribution in [3.63, 3.8) is 0 Å². The van der Waals surface area contributed by atoms with Gasteiger partial charge in [0.05, 0.1) is 15.9 Å². The molecular formula is C13H12BrF3N2O2. The normalized spacial score (nSPS) is 11.5. The minimum Gasteiger partial charge on any atom is -0.483 e. The van der Waals surface area contributed by atoms with Gasteiger partial charge in [0, 0.05) is 7.05 Å². The SMILES string of the molecule is Cc1nn(C)c(COc2ccccc2OC(F)(F)F)c1Br. The van der Waals surface area contributed by atoms with Gasteiger partial charge in [0.15, 0.2) is 11.5 Å². The summed E-state index contributed by atoms with van der Waals surface area (Å²) in [6.45, 7) is 1.88. The summed E-state index contributed by atoms with van der Waals surface area (Å²) < 4.78 is 48.7. The maximum atomic E-state index is 12.3. The van der Waals surface area contributed by atoms with Crippen molar-refractivity contribution in [2.75, 3.05) is 0 Å². The third kappa shape index (κ3) is 3.90. The van der Waals surface area contributed by atoms with Crippen molar-refractivity contribution in [3.05, 3.63) is 40.1 Å². The molecule has 0 saturated heterocycles. The molecule has 1 aromatic heterocycles. The number of halogens is 4. The van der Waals surface area contributed by atoms with Gasteiger partial charge in [-0.3, -0.25) is 4.68 Å². The van der Waals surface area contributed by atoms with Crippen molar-refractivity contribution in [3.8, 4) is 11.5 Å². The quantitative estimate of drug-likeness (QED) is 0.823. The number of ether oxygens (including phenoxy) is 2. The molecule has 21 heavy (non-hydrogen) atoms. The molecule has 8 heteroatoms. The van der Waals surface area contributed by atoms with E-state index in [4.69, 9.17) is 4.74 Å².